The third-order valence-electron chi connectivity index (χ3n) is 4.40. The predicted molar refractivity (Wildman–Crippen MR) is 121 cm³/mol. The zero-order valence-electron chi connectivity index (χ0n) is 16.1. The van der Waals surface area contributed by atoms with E-state index in [4.69, 9.17) is 4.52 Å². The van der Waals surface area contributed by atoms with Gasteiger partial charge in [0.2, 0.25) is 0 Å². The van der Waals surface area contributed by atoms with Crippen molar-refractivity contribution >= 4 is 35.6 Å². The van der Waals surface area contributed by atoms with E-state index in [0.29, 0.717) is 19.0 Å². The maximum absolute atomic E-state index is 5.34. The number of guanidine groups is 1. The summed E-state index contributed by atoms with van der Waals surface area (Å²) in [6.45, 7) is 7.46. The molecule has 0 aliphatic carbocycles. The van der Waals surface area contributed by atoms with E-state index in [-0.39, 0.29) is 24.0 Å². The van der Waals surface area contributed by atoms with Crippen molar-refractivity contribution in [2.24, 2.45) is 4.99 Å². The number of nitrogens with zero attached hydrogens (tertiary/aromatic N) is 3. The molecule has 7 heteroatoms. The molecule has 0 atom stereocenters. The largest absolute Gasteiger partial charge is 0.364 e. The molecule has 1 aliphatic heterocycles. The van der Waals surface area contributed by atoms with E-state index < -0.39 is 0 Å². The molecule has 0 radical (unpaired) electrons. The zero-order chi connectivity index (χ0) is 18.4. The Balaban J connectivity index is 0.00000261. The fourth-order valence-corrected chi connectivity index (χ4v) is 2.78. The topological polar surface area (TPSA) is 65.7 Å². The van der Waals surface area contributed by atoms with Crippen LogP contribution in [0.25, 0.3) is 0 Å². The normalized spacial score (nSPS) is 13.8. The van der Waals surface area contributed by atoms with Crippen molar-refractivity contribution in [3.05, 3.63) is 59.5 Å². The highest BCUT2D eigenvalue weighted by Crippen LogP contribution is 2.17. The Morgan fingerprint density at radius 2 is 1.81 bits per heavy atom. The van der Waals surface area contributed by atoms with Gasteiger partial charge in [-0.15, -0.1) is 24.0 Å². The van der Waals surface area contributed by atoms with Crippen LogP contribution in [0.4, 0.5) is 5.69 Å². The van der Waals surface area contributed by atoms with Crippen LogP contribution in [0.5, 0.6) is 0 Å². The summed E-state index contributed by atoms with van der Waals surface area (Å²) >= 11 is 0. The van der Waals surface area contributed by atoms with Gasteiger partial charge in [0, 0.05) is 38.4 Å². The molecular formula is C20H28IN5O. The van der Waals surface area contributed by atoms with Crippen LogP contribution in [-0.4, -0.2) is 31.3 Å². The minimum atomic E-state index is 0. The predicted octanol–water partition coefficient (Wildman–Crippen LogP) is 3.66. The summed E-state index contributed by atoms with van der Waals surface area (Å²) in [5.74, 6) is 1.91. The number of nitrogens with one attached hydrogen (secondary N) is 2. The van der Waals surface area contributed by atoms with Crippen molar-refractivity contribution < 1.29 is 4.52 Å². The number of aliphatic imine (C=N–C) groups is 1. The lowest BCUT2D eigenvalue weighted by atomic mass is 10.1. The smallest absolute Gasteiger partial charge is 0.191 e. The lowest BCUT2D eigenvalue weighted by molar-refractivity contribution is 0.372. The van der Waals surface area contributed by atoms with Gasteiger partial charge in [0.05, 0.1) is 12.2 Å². The summed E-state index contributed by atoms with van der Waals surface area (Å²) in [7, 11) is 1.76. The van der Waals surface area contributed by atoms with E-state index in [9.17, 15) is 0 Å². The number of halogens is 1. The molecule has 1 aromatic heterocycles. The van der Waals surface area contributed by atoms with Gasteiger partial charge in [0.15, 0.2) is 11.7 Å². The summed E-state index contributed by atoms with van der Waals surface area (Å²) in [6, 6.07) is 10.6. The second-order valence-electron chi connectivity index (χ2n) is 6.69. The lowest BCUT2D eigenvalue weighted by Gasteiger charge is -2.18. The van der Waals surface area contributed by atoms with Gasteiger partial charge in [0.25, 0.3) is 0 Å². The van der Waals surface area contributed by atoms with Crippen LogP contribution < -0.4 is 15.5 Å². The third kappa shape index (κ3) is 5.98. The van der Waals surface area contributed by atoms with Gasteiger partial charge in [-0.3, -0.25) is 4.99 Å². The molecule has 2 N–H and O–H groups in total. The number of benzene rings is 1. The second-order valence-corrected chi connectivity index (χ2v) is 6.69. The fourth-order valence-electron chi connectivity index (χ4n) is 2.78. The quantitative estimate of drug-likeness (QED) is 0.286. The molecule has 0 bridgehead atoms. The lowest BCUT2D eigenvalue weighted by Crippen LogP contribution is -2.36. The van der Waals surface area contributed by atoms with Gasteiger partial charge in [-0.1, -0.05) is 43.3 Å². The van der Waals surface area contributed by atoms with E-state index in [0.717, 1.165) is 30.5 Å². The molecule has 0 saturated heterocycles. The summed E-state index contributed by atoms with van der Waals surface area (Å²) in [4.78, 5) is 6.59. The van der Waals surface area contributed by atoms with Crippen LogP contribution in [0.15, 0.2) is 52.0 Å². The Kier molecular flexibility index (Phi) is 8.15. The average Bonchev–Trinajstić information content (AvgIpc) is 3.34. The van der Waals surface area contributed by atoms with Gasteiger partial charge in [-0.2, -0.15) is 0 Å². The van der Waals surface area contributed by atoms with Crippen LogP contribution in [-0.2, 0) is 13.1 Å². The highest BCUT2D eigenvalue weighted by atomic mass is 127. The summed E-state index contributed by atoms with van der Waals surface area (Å²) in [5.41, 5.74) is 3.44. The number of hydrogen-bond acceptors (Lipinski definition) is 4. The maximum atomic E-state index is 5.34. The average molecular weight is 481 g/mol. The molecule has 27 heavy (non-hydrogen) atoms. The van der Waals surface area contributed by atoms with E-state index in [1.165, 1.54) is 11.3 Å². The Morgan fingerprint density at radius 3 is 2.41 bits per heavy atom. The van der Waals surface area contributed by atoms with Crippen molar-refractivity contribution in [3.63, 3.8) is 0 Å². The van der Waals surface area contributed by atoms with Gasteiger partial charge in [0.1, 0.15) is 0 Å². The highest BCUT2D eigenvalue weighted by Gasteiger charge is 2.09. The first kappa shape index (κ1) is 21.3. The van der Waals surface area contributed by atoms with E-state index in [2.05, 4.69) is 75.9 Å². The van der Waals surface area contributed by atoms with Crippen LogP contribution in [0.3, 0.4) is 0 Å². The fraction of sp³-hybridized carbons (Fsp3) is 0.400. The SMILES string of the molecule is CN=C(NCc1ccc(N2CC=CC2)cc1)NCc1cc(C(C)C)no1.I. The van der Waals surface area contributed by atoms with Gasteiger partial charge in [-0.25, -0.2) is 0 Å². The van der Waals surface area contributed by atoms with E-state index in [1.54, 1.807) is 7.05 Å². The summed E-state index contributed by atoms with van der Waals surface area (Å²) in [5, 5.41) is 10.6. The number of hydrogen-bond donors (Lipinski definition) is 2. The van der Waals surface area contributed by atoms with E-state index in [1.807, 2.05) is 6.07 Å². The monoisotopic (exact) mass is 481 g/mol. The summed E-state index contributed by atoms with van der Waals surface area (Å²) < 4.78 is 5.34. The van der Waals surface area contributed by atoms with E-state index >= 15 is 0 Å². The molecule has 0 amide bonds. The standard InChI is InChI=1S/C20H27N5O.HI/c1-15(2)19-12-18(26-24-19)14-23-20(21-3)22-13-16-6-8-17(9-7-16)25-10-4-5-11-25;/h4-9,12,15H,10-11,13-14H2,1-3H3,(H2,21,22,23);1H. The molecule has 1 aromatic carbocycles. The molecule has 6 nitrogen and oxygen atoms in total. The minimum absolute atomic E-state index is 0. The molecule has 3 rings (SSSR count). The molecule has 2 aromatic rings. The summed E-state index contributed by atoms with van der Waals surface area (Å²) in [6.07, 6.45) is 4.40. The van der Waals surface area contributed by atoms with Crippen LogP contribution in [0.2, 0.25) is 0 Å². The third-order valence-corrected chi connectivity index (χ3v) is 4.40. The van der Waals surface area contributed by atoms with Crippen molar-refractivity contribution in [1.29, 1.82) is 0 Å². The van der Waals surface area contributed by atoms with Gasteiger partial charge < -0.3 is 20.1 Å². The van der Waals surface area contributed by atoms with Crippen LogP contribution >= 0.6 is 24.0 Å². The molecule has 0 saturated carbocycles. The molecule has 1 aliphatic rings. The Hall–Kier alpha value is -2.03. The van der Waals surface area contributed by atoms with Gasteiger partial charge >= 0.3 is 0 Å². The molecule has 0 unspecified atom stereocenters. The first-order valence-electron chi connectivity index (χ1n) is 9.04. The molecule has 0 spiro atoms. The van der Waals surface area contributed by atoms with Crippen LogP contribution in [0.1, 0.15) is 36.8 Å². The molecule has 0 fully saturated rings. The first-order chi connectivity index (χ1) is 12.7. The number of anilines is 1. The van der Waals surface area contributed by atoms with Crippen molar-refractivity contribution in [3.8, 4) is 0 Å². The molecule has 146 valence electrons. The molecular weight excluding hydrogens is 453 g/mol. The van der Waals surface area contributed by atoms with Crippen molar-refractivity contribution in [2.75, 3.05) is 25.0 Å². The Morgan fingerprint density at radius 1 is 1.15 bits per heavy atom. The Labute approximate surface area is 178 Å². The number of rotatable bonds is 6. The van der Waals surface area contributed by atoms with Gasteiger partial charge in [-0.05, 0) is 23.6 Å². The Bertz CT molecular complexity index is 759. The van der Waals surface area contributed by atoms with Crippen LogP contribution in [0, 0.1) is 0 Å². The minimum Gasteiger partial charge on any atom is -0.364 e. The highest BCUT2D eigenvalue weighted by molar-refractivity contribution is 14.0. The first-order valence-corrected chi connectivity index (χ1v) is 9.04. The zero-order valence-corrected chi connectivity index (χ0v) is 18.4. The molecule has 2 heterocycles. The van der Waals surface area contributed by atoms with Crippen molar-refractivity contribution in [2.45, 2.75) is 32.9 Å². The second kappa shape index (κ2) is 10.3. The number of aromatic nitrogens is 1. The maximum Gasteiger partial charge on any atom is 0.191 e. The van der Waals surface area contributed by atoms with Crippen molar-refractivity contribution in [1.82, 2.24) is 15.8 Å².